The summed E-state index contributed by atoms with van der Waals surface area (Å²) in [6, 6.07) is 16.0. The average Bonchev–Trinajstić information content (AvgIpc) is 3.10. The van der Waals surface area contributed by atoms with Gasteiger partial charge in [-0.05, 0) is 60.7 Å². The van der Waals surface area contributed by atoms with Crippen molar-refractivity contribution in [3.63, 3.8) is 0 Å². The van der Waals surface area contributed by atoms with Crippen LogP contribution in [0.25, 0.3) is 17.0 Å². The quantitative estimate of drug-likeness (QED) is 0.288. The molecule has 5 heteroatoms. The number of nitrogens with two attached hydrogens (primary N) is 1. The summed E-state index contributed by atoms with van der Waals surface area (Å²) in [6.07, 6.45) is 2.74. The van der Waals surface area contributed by atoms with Crippen molar-refractivity contribution in [2.45, 2.75) is 20.3 Å². The van der Waals surface area contributed by atoms with Crippen LogP contribution in [-0.4, -0.2) is 15.7 Å². The molecule has 5 nitrogen and oxygen atoms in total. The molecule has 0 saturated carbocycles. The number of allylic oxidation sites excluding steroid dienone is 1. The second-order valence-corrected chi connectivity index (χ2v) is 6.97. The highest BCUT2D eigenvalue weighted by molar-refractivity contribution is 5.96. The monoisotopic (exact) mass is 386 g/mol. The predicted octanol–water partition coefficient (Wildman–Crippen LogP) is 4.74. The zero-order chi connectivity index (χ0) is 21.0. The summed E-state index contributed by atoms with van der Waals surface area (Å²) < 4.78 is 1.78. The summed E-state index contributed by atoms with van der Waals surface area (Å²) in [7, 11) is 1.87. The van der Waals surface area contributed by atoms with Crippen molar-refractivity contribution in [1.82, 2.24) is 9.78 Å². The Hall–Kier alpha value is -3.44. The molecule has 0 radical (unpaired) electrons. The Balaban J connectivity index is 1.95. The van der Waals surface area contributed by atoms with Gasteiger partial charge in [0, 0.05) is 12.6 Å². The Labute approximate surface area is 171 Å². The first kappa shape index (κ1) is 20.3. The van der Waals surface area contributed by atoms with E-state index in [-0.39, 0.29) is 5.90 Å². The first-order chi connectivity index (χ1) is 13.9. The third-order valence-corrected chi connectivity index (χ3v) is 4.89. The first-order valence-corrected chi connectivity index (χ1v) is 9.40. The van der Waals surface area contributed by atoms with Crippen LogP contribution >= 0.6 is 0 Å². The van der Waals surface area contributed by atoms with Gasteiger partial charge in [0.15, 0.2) is 0 Å². The lowest BCUT2D eigenvalue weighted by Crippen LogP contribution is -2.13. The molecule has 0 unspecified atom stereocenters. The number of nitrogens with zero attached hydrogens (tertiary/aromatic N) is 3. The van der Waals surface area contributed by atoms with Crippen LogP contribution in [0.2, 0.25) is 0 Å². The van der Waals surface area contributed by atoms with Gasteiger partial charge in [-0.2, -0.15) is 11.0 Å². The zero-order valence-corrected chi connectivity index (χ0v) is 17.1. The Kier molecular flexibility index (Phi) is 6.10. The third kappa shape index (κ3) is 4.36. The Morgan fingerprint density at radius 3 is 2.41 bits per heavy atom. The summed E-state index contributed by atoms with van der Waals surface area (Å²) in [5, 5.41) is 4.51. The minimum absolute atomic E-state index is 0.221. The molecule has 0 amide bonds. The van der Waals surface area contributed by atoms with Gasteiger partial charge in [-0.3, -0.25) is 4.68 Å². The predicted molar refractivity (Wildman–Crippen MR) is 119 cm³/mol. The standard InChI is InChI=1S/C24H26N4O/c1-6-10-21-16(2)13-20(14-17(21)3)18(4)26-24(29-25)22-15-23(28(5)27-22)19-11-8-7-9-12-19/h6-9,11-15H,1,4,10,25H2,2-3,5H3. The molecule has 3 rings (SSSR count). The molecule has 0 fully saturated rings. The van der Waals surface area contributed by atoms with Crippen LogP contribution in [0.5, 0.6) is 0 Å². The van der Waals surface area contributed by atoms with Crippen molar-refractivity contribution in [2.24, 2.45) is 17.9 Å². The number of aryl methyl sites for hydroxylation is 3. The maximum Gasteiger partial charge on any atom is 0.265 e. The molecule has 1 heterocycles. The molecule has 0 atom stereocenters. The van der Waals surface area contributed by atoms with Gasteiger partial charge in [0.2, 0.25) is 0 Å². The van der Waals surface area contributed by atoms with Gasteiger partial charge in [-0.1, -0.05) is 43.0 Å². The molecule has 0 spiro atoms. The first-order valence-electron chi connectivity index (χ1n) is 9.40. The van der Waals surface area contributed by atoms with Gasteiger partial charge >= 0.3 is 0 Å². The van der Waals surface area contributed by atoms with Gasteiger partial charge in [0.25, 0.3) is 5.90 Å². The number of benzene rings is 2. The van der Waals surface area contributed by atoms with E-state index in [1.165, 1.54) is 16.7 Å². The molecule has 0 saturated heterocycles. The fraction of sp³-hybridized carbons (Fsp3) is 0.167. The van der Waals surface area contributed by atoms with E-state index in [1.54, 1.807) is 4.68 Å². The molecule has 3 aromatic rings. The van der Waals surface area contributed by atoms with E-state index >= 15 is 0 Å². The van der Waals surface area contributed by atoms with Crippen LogP contribution in [0, 0.1) is 13.8 Å². The second-order valence-electron chi connectivity index (χ2n) is 6.97. The third-order valence-electron chi connectivity index (χ3n) is 4.89. The summed E-state index contributed by atoms with van der Waals surface area (Å²) >= 11 is 0. The van der Waals surface area contributed by atoms with Crippen molar-refractivity contribution in [3.8, 4) is 11.3 Å². The number of hydrogen-bond acceptors (Lipinski definition) is 4. The van der Waals surface area contributed by atoms with Gasteiger partial charge in [0.1, 0.15) is 5.69 Å². The van der Waals surface area contributed by atoms with Crippen molar-refractivity contribution in [2.75, 3.05) is 0 Å². The van der Waals surface area contributed by atoms with E-state index in [0.29, 0.717) is 11.4 Å². The molecule has 0 aliphatic heterocycles. The lowest BCUT2D eigenvalue weighted by atomic mass is 9.96. The van der Waals surface area contributed by atoms with E-state index in [0.717, 1.165) is 23.2 Å². The molecule has 0 aliphatic carbocycles. The maximum absolute atomic E-state index is 5.52. The highest BCUT2D eigenvalue weighted by atomic mass is 16.6. The number of rotatable bonds is 6. The van der Waals surface area contributed by atoms with Crippen LogP contribution < -0.4 is 5.90 Å². The SMILES string of the molecule is C=CCc1c(C)cc(C(=C)N=C(ON)c2cc(-c3ccccc3)n(C)n2)cc1C. The van der Waals surface area contributed by atoms with Gasteiger partial charge < -0.3 is 4.84 Å². The zero-order valence-electron chi connectivity index (χ0n) is 17.1. The lowest BCUT2D eigenvalue weighted by Gasteiger charge is -2.11. The smallest absolute Gasteiger partial charge is 0.265 e. The lowest BCUT2D eigenvalue weighted by molar-refractivity contribution is 0.321. The fourth-order valence-corrected chi connectivity index (χ4v) is 3.41. The molecule has 0 aliphatic rings. The van der Waals surface area contributed by atoms with E-state index in [9.17, 15) is 0 Å². The molecule has 2 aromatic carbocycles. The van der Waals surface area contributed by atoms with Crippen LogP contribution in [0.15, 0.2) is 72.8 Å². The summed E-state index contributed by atoms with van der Waals surface area (Å²) in [4.78, 5) is 9.58. The van der Waals surface area contributed by atoms with Crippen LogP contribution in [-0.2, 0) is 18.3 Å². The van der Waals surface area contributed by atoms with Crippen molar-refractivity contribution in [3.05, 3.63) is 95.7 Å². The largest absolute Gasteiger partial charge is 0.389 e. The van der Waals surface area contributed by atoms with Crippen LogP contribution in [0.4, 0.5) is 0 Å². The van der Waals surface area contributed by atoms with Gasteiger partial charge in [-0.15, -0.1) is 6.58 Å². The Morgan fingerprint density at radius 1 is 1.17 bits per heavy atom. The molecular formula is C24H26N4O. The molecule has 2 N–H and O–H groups in total. The van der Waals surface area contributed by atoms with E-state index < -0.39 is 0 Å². The highest BCUT2D eigenvalue weighted by Gasteiger charge is 2.15. The van der Waals surface area contributed by atoms with Crippen molar-refractivity contribution in [1.29, 1.82) is 0 Å². The van der Waals surface area contributed by atoms with Crippen LogP contribution in [0.3, 0.4) is 0 Å². The number of aromatic nitrogens is 2. The fourth-order valence-electron chi connectivity index (χ4n) is 3.41. The van der Waals surface area contributed by atoms with E-state index in [1.807, 2.05) is 49.5 Å². The summed E-state index contributed by atoms with van der Waals surface area (Å²) in [5.74, 6) is 5.74. The molecule has 29 heavy (non-hydrogen) atoms. The number of hydrogen-bond donors (Lipinski definition) is 1. The van der Waals surface area contributed by atoms with Gasteiger partial charge in [0.05, 0.1) is 11.4 Å². The van der Waals surface area contributed by atoms with E-state index in [4.69, 9.17) is 10.7 Å². The average molecular weight is 386 g/mol. The minimum Gasteiger partial charge on any atom is -0.389 e. The molecular weight excluding hydrogens is 360 g/mol. The van der Waals surface area contributed by atoms with Crippen LogP contribution in [0.1, 0.15) is 27.9 Å². The minimum atomic E-state index is 0.221. The molecule has 148 valence electrons. The Bertz CT molecular complexity index is 1050. The molecule has 1 aromatic heterocycles. The topological polar surface area (TPSA) is 65.4 Å². The van der Waals surface area contributed by atoms with Gasteiger partial charge in [-0.25, -0.2) is 4.99 Å². The summed E-state index contributed by atoms with van der Waals surface area (Å²) in [6.45, 7) is 12.1. The maximum atomic E-state index is 5.52. The molecule has 0 bridgehead atoms. The van der Waals surface area contributed by atoms with Crippen molar-refractivity contribution < 1.29 is 4.84 Å². The Morgan fingerprint density at radius 2 is 1.83 bits per heavy atom. The number of aliphatic imine (C=N–C) groups is 1. The second kappa shape index (κ2) is 8.71. The van der Waals surface area contributed by atoms with E-state index in [2.05, 4.69) is 49.2 Å². The normalized spacial score (nSPS) is 11.4. The summed E-state index contributed by atoms with van der Waals surface area (Å²) in [5.41, 5.74) is 7.64. The highest BCUT2D eigenvalue weighted by Crippen LogP contribution is 2.24. The van der Waals surface area contributed by atoms with Crippen molar-refractivity contribution >= 4 is 11.6 Å².